The molecule has 1 aromatic heterocycles. The number of hydrogen-bond acceptors (Lipinski definition) is 5. The van der Waals surface area contributed by atoms with E-state index in [1.807, 2.05) is 50.2 Å². The number of thioether (sulfide) groups is 1. The van der Waals surface area contributed by atoms with E-state index < -0.39 is 0 Å². The number of hydrogen-bond donors (Lipinski definition) is 0. The molecule has 0 aliphatic rings. The van der Waals surface area contributed by atoms with Crippen LogP contribution in [0.25, 0.3) is 11.4 Å². The first-order valence-electron chi connectivity index (χ1n) is 9.11. The molecule has 0 unspecified atom stereocenters. The zero-order valence-corrected chi connectivity index (χ0v) is 17.6. The zero-order chi connectivity index (χ0) is 20.1. The van der Waals surface area contributed by atoms with Crippen molar-refractivity contribution in [1.29, 1.82) is 0 Å². The zero-order valence-electron chi connectivity index (χ0n) is 16.1. The topological polar surface area (TPSA) is 59.2 Å². The van der Waals surface area contributed by atoms with Crippen molar-refractivity contribution in [3.8, 4) is 11.4 Å². The molecule has 7 heteroatoms. The van der Waals surface area contributed by atoms with Crippen LogP contribution in [0.4, 0.5) is 0 Å². The summed E-state index contributed by atoms with van der Waals surface area (Å²) in [6.45, 7) is 6.28. The maximum absolute atomic E-state index is 13.2. The van der Waals surface area contributed by atoms with E-state index in [0.717, 1.165) is 16.2 Å². The van der Waals surface area contributed by atoms with Crippen LogP contribution in [-0.4, -0.2) is 32.7 Å². The van der Waals surface area contributed by atoms with E-state index in [4.69, 9.17) is 16.1 Å². The van der Waals surface area contributed by atoms with Crippen molar-refractivity contribution >= 4 is 29.3 Å². The molecule has 0 saturated heterocycles. The third kappa shape index (κ3) is 4.75. The van der Waals surface area contributed by atoms with Gasteiger partial charge in [-0.1, -0.05) is 35.8 Å². The monoisotopic (exact) mass is 415 g/mol. The fourth-order valence-electron chi connectivity index (χ4n) is 2.75. The summed E-state index contributed by atoms with van der Waals surface area (Å²) < 4.78 is 5.40. The molecule has 3 aromatic rings. The number of carbonyl (C=O) groups is 1. The van der Waals surface area contributed by atoms with Crippen molar-refractivity contribution in [2.45, 2.75) is 38.3 Å². The second-order valence-electron chi connectivity index (χ2n) is 6.47. The van der Waals surface area contributed by atoms with Crippen molar-refractivity contribution in [3.05, 3.63) is 65.0 Å². The fraction of sp³-hybridized carbons (Fsp3) is 0.286. The average molecular weight is 416 g/mol. The van der Waals surface area contributed by atoms with Crippen molar-refractivity contribution in [2.24, 2.45) is 0 Å². The van der Waals surface area contributed by atoms with E-state index in [0.29, 0.717) is 22.3 Å². The van der Waals surface area contributed by atoms with Gasteiger partial charge >= 0.3 is 0 Å². The number of amides is 1. The van der Waals surface area contributed by atoms with Gasteiger partial charge in [0.15, 0.2) is 0 Å². The van der Waals surface area contributed by atoms with Crippen LogP contribution in [0.5, 0.6) is 0 Å². The Bertz CT molecular complexity index is 941. The number of halogens is 1. The highest BCUT2D eigenvalue weighted by Gasteiger charge is 2.24. The maximum atomic E-state index is 13.2. The summed E-state index contributed by atoms with van der Waals surface area (Å²) in [6, 6.07) is 14.9. The van der Waals surface area contributed by atoms with Gasteiger partial charge in [0.05, 0.1) is 5.56 Å². The van der Waals surface area contributed by atoms with Crippen LogP contribution < -0.4 is 0 Å². The molecule has 28 heavy (non-hydrogen) atoms. The van der Waals surface area contributed by atoms with Crippen molar-refractivity contribution in [2.75, 3.05) is 5.75 Å². The highest BCUT2D eigenvalue weighted by atomic mass is 35.5. The minimum absolute atomic E-state index is 0.0157. The largest absolute Gasteiger partial charge is 0.337 e. The Morgan fingerprint density at radius 3 is 2.57 bits per heavy atom. The van der Waals surface area contributed by atoms with E-state index in [2.05, 4.69) is 17.1 Å². The molecule has 146 valence electrons. The summed E-state index contributed by atoms with van der Waals surface area (Å²) in [6.07, 6.45) is 0. The molecular weight excluding hydrogens is 394 g/mol. The molecule has 2 aromatic carbocycles. The van der Waals surface area contributed by atoms with Crippen LogP contribution in [0.2, 0.25) is 5.02 Å². The van der Waals surface area contributed by atoms with Crippen LogP contribution in [-0.2, 0) is 6.54 Å². The molecule has 1 heterocycles. The third-order valence-electron chi connectivity index (χ3n) is 4.18. The first kappa shape index (κ1) is 20.4. The Labute approximate surface area is 174 Å². The molecule has 0 aliphatic heterocycles. The Morgan fingerprint density at radius 2 is 1.89 bits per heavy atom. The van der Waals surface area contributed by atoms with Gasteiger partial charge in [-0.2, -0.15) is 4.98 Å². The first-order valence-corrected chi connectivity index (χ1v) is 10.5. The van der Waals surface area contributed by atoms with Gasteiger partial charge in [0, 0.05) is 21.5 Å². The molecule has 1 amide bonds. The van der Waals surface area contributed by atoms with Crippen LogP contribution in [0.3, 0.4) is 0 Å². The molecule has 3 rings (SSSR count). The van der Waals surface area contributed by atoms with Crippen LogP contribution in [0.1, 0.15) is 37.0 Å². The number of benzene rings is 2. The van der Waals surface area contributed by atoms with Gasteiger partial charge in [-0.15, -0.1) is 11.8 Å². The molecule has 0 aliphatic carbocycles. The molecule has 0 bridgehead atoms. The summed E-state index contributed by atoms with van der Waals surface area (Å²) >= 11 is 7.58. The lowest BCUT2D eigenvalue weighted by molar-refractivity contribution is 0.0664. The lowest BCUT2D eigenvalue weighted by Crippen LogP contribution is -2.36. The van der Waals surface area contributed by atoms with Crippen LogP contribution in [0, 0.1) is 0 Å². The van der Waals surface area contributed by atoms with E-state index in [9.17, 15) is 4.79 Å². The number of aromatic nitrogens is 2. The number of rotatable bonds is 7. The average Bonchev–Trinajstić information content (AvgIpc) is 3.15. The highest BCUT2D eigenvalue weighted by Crippen LogP contribution is 2.25. The first-order chi connectivity index (χ1) is 13.5. The second-order valence-corrected chi connectivity index (χ2v) is 8.22. The molecule has 0 N–H and O–H groups in total. The van der Waals surface area contributed by atoms with Gasteiger partial charge in [0.2, 0.25) is 11.7 Å². The third-order valence-corrected chi connectivity index (χ3v) is 5.39. The fourth-order valence-corrected chi connectivity index (χ4v) is 3.67. The summed E-state index contributed by atoms with van der Waals surface area (Å²) in [5, 5.41) is 4.68. The molecule has 0 saturated carbocycles. The van der Waals surface area contributed by atoms with Crippen molar-refractivity contribution in [3.63, 3.8) is 0 Å². The molecule has 0 atom stereocenters. The molecule has 0 radical (unpaired) electrons. The minimum Gasteiger partial charge on any atom is -0.337 e. The van der Waals surface area contributed by atoms with Gasteiger partial charge in [0.1, 0.15) is 6.54 Å². The standard InChI is InChI=1S/C21H22ClN3O2S/c1-4-28-18-8-6-5-7-17(18)21(26)25(14(2)3)13-19-23-20(24-27-19)15-9-11-16(22)12-10-15/h5-12,14H,4,13H2,1-3H3. The highest BCUT2D eigenvalue weighted by molar-refractivity contribution is 7.99. The van der Waals surface area contributed by atoms with Gasteiger partial charge in [-0.25, -0.2) is 0 Å². The molecular formula is C21H22ClN3O2S. The SMILES string of the molecule is CCSc1ccccc1C(=O)N(Cc1nc(-c2ccc(Cl)cc2)no1)C(C)C. The Morgan fingerprint density at radius 1 is 1.18 bits per heavy atom. The normalized spacial score (nSPS) is 11.0. The number of carbonyl (C=O) groups excluding carboxylic acids is 1. The Kier molecular flexibility index (Phi) is 6.75. The van der Waals surface area contributed by atoms with E-state index >= 15 is 0 Å². The number of nitrogens with zero attached hydrogens (tertiary/aromatic N) is 3. The van der Waals surface area contributed by atoms with Gasteiger partial charge in [0.25, 0.3) is 5.91 Å². The maximum Gasteiger partial charge on any atom is 0.255 e. The van der Waals surface area contributed by atoms with Crippen LogP contribution >= 0.6 is 23.4 Å². The molecule has 0 spiro atoms. The Balaban J connectivity index is 1.82. The smallest absolute Gasteiger partial charge is 0.255 e. The lowest BCUT2D eigenvalue weighted by atomic mass is 10.1. The molecule has 0 fully saturated rings. The van der Waals surface area contributed by atoms with Gasteiger partial charge in [-0.3, -0.25) is 4.79 Å². The van der Waals surface area contributed by atoms with Crippen LogP contribution in [0.15, 0.2) is 57.9 Å². The summed E-state index contributed by atoms with van der Waals surface area (Å²) in [5.74, 6) is 1.73. The summed E-state index contributed by atoms with van der Waals surface area (Å²) in [7, 11) is 0. The summed E-state index contributed by atoms with van der Waals surface area (Å²) in [5.41, 5.74) is 1.51. The van der Waals surface area contributed by atoms with E-state index in [1.54, 1.807) is 28.8 Å². The van der Waals surface area contributed by atoms with E-state index in [-0.39, 0.29) is 18.5 Å². The predicted octanol–water partition coefficient (Wildman–Crippen LogP) is 5.55. The Hall–Kier alpha value is -2.31. The van der Waals surface area contributed by atoms with Crippen molar-refractivity contribution in [1.82, 2.24) is 15.0 Å². The molecule has 5 nitrogen and oxygen atoms in total. The predicted molar refractivity (Wildman–Crippen MR) is 113 cm³/mol. The second kappa shape index (κ2) is 9.26. The lowest BCUT2D eigenvalue weighted by Gasteiger charge is -2.26. The minimum atomic E-state index is -0.0437. The van der Waals surface area contributed by atoms with Gasteiger partial charge < -0.3 is 9.42 Å². The van der Waals surface area contributed by atoms with Crippen molar-refractivity contribution < 1.29 is 9.32 Å². The van der Waals surface area contributed by atoms with E-state index in [1.165, 1.54) is 0 Å². The summed E-state index contributed by atoms with van der Waals surface area (Å²) in [4.78, 5) is 20.4. The van der Waals surface area contributed by atoms with Gasteiger partial charge in [-0.05, 0) is 56.0 Å². The quantitative estimate of drug-likeness (QED) is 0.473.